The van der Waals surface area contributed by atoms with Crippen LogP contribution in [0.25, 0.3) is 0 Å². The van der Waals surface area contributed by atoms with E-state index in [0.717, 1.165) is 18.0 Å². The fraction of sp³-hybridized carbons (Fsp3) is 0.571. The van der Waals surface area contributed by atoms with Crippen molar-refractivity contribution in [3.05, 3.63) is 35.4 Å². The molecule has 17 heavy (non-hydrogen) atoms. The minimum atomic E-state index is -2.37. The summed E-state index contributed by atoms with van der Waals surface area (Å²) in [6.07, 6.45) is 1.45. The van der Waals surface area contributed by atoms with Gasteiger partial charge in [0.25, 0.3) is 6.43 Å². The summed E-state index contributed by atoms with van der Waals surface area (Å²) in [6.45, 7) is 3.04. The first-order valence-corrected chi connectivity index (χ1v) is 6.27. The Morgan fingerprint density at radius 2 is 1.94 bits per heavy atom. The molecule has 2 atom stereocenters. The van der Waals surface area contributed by atoms with Gasteiger partial charge in [-0.05, 0) is 24.3 Å². The van der Waals surface area contributed by atoms with Crippen LogP contribution < -0.4 is 5.32 Å². The van der Waals surface area contributed by atoms with Gasteiger partial charge in [0, 0.05) is 18.2 Å². The van der Waals surface area contributed by atoms with Gasteiger partial charge in [0.05, 0.1) is 0 Å². The molecule has 0 aromatic heterocycles. The molecule has 3 heteroatoms. The van der Waals surface area contributed by atoms with Gasteiger partial charge < -0.3 is 5.32 Å². The predicted octanol–water partition coefficient (Wildman–Crippen LogP) is 3.90. The lowest BCUT2D eigenvalue weighted by atomic mass is 10.1. The smallest absolute Gasteiger partial charge is 0.263 e. The van der Waals surface area contributed by atoms with Crippen molar-refractivity contribution in [1.82, 2.24) is 5.32 Å². The fourth-order valence-corrected chi connectivity index (χ4v) is 2.48. The summed E-state index contributed by atoms with van der Waals surface area (Å²) in [5.41, 5.74) is 1.18. The Morgan fingerprint density at radius 3 is 2.47 bits per heavy atom. The fourth-order valence-electron chi connectivity index (χ4n) is 2.48. The lowest BCUT2D eigenvalue weighted by Crippen LogP contribution is -2.30. The quantitative estimate of drug-likeness (QED) is 0.840. The third-order valence-corrected chi connectivity index (χ3v) is 3.66. The second-order valence-electron chi connectivity index (χ2n) is 4.94. The lowest BCUT2D eigenvalue weighted by Gasteiger charge is -2.17. The first-order valence-electron chi connectivity index (χ1n) is 6.27. The number of halogens is 2. The van der Waals surface area contributed by atoms with Crippen molar-refractivity contribution in [2.75, 3.05) is 0 Å². The highest BCUT2D eigenvalue weighted by Gasteiger charge is 2.22. The molecule has 0 bridgehead atoms. The molecule has 1 nitrogen and oxygen atoms in total. The van der Waals surface area contributed by atoms with Gasteiger partial charge in [-0.1, -0.05) is 37.6 Å². The van der Waals surface area contributed by atoms with Crippen LogP contribution in [-0.4, -0.2) is 6.04 Å². The van der Waals surface area contributed by atoms with Crippen molar-refractivity contribution >= 4 is 0 Å². The number of rotatable bonds is 4. The third kappa shape index (κ3) is 3.25. The standard InChI is InChI=1S/C14H19F2N/c1-10-3-2-4-13(10)17-9-11-5-7-12(8-6-11)14(15)16/h5-8,10,13-14,17H,2-4,9H2,1H3. The van der Waals surface area contributed by atoms with E-state index in [1.807, 2.05) is 0 Å². The van der Waals surface area contributed by atoms with E-state index in [9.17, 15) is 8.78 Å². The Morgan fingerprint density at radius 1 is 1.24 bits per heavy atom. The van der Waals surface area contributed by atoms with Gasteiger partial charge >= 0.3 is 0 Å². The molecule has 2 unspecified atom stereocenters. The van der Waals surface area contributed by atoms with E-state index in [2.05, 4.69) is 12.2 Å². The summed E-state index contributed by atoms with van der Waals surface area (Å²) in [5, 5.41) is 3.51. The molecule has 94 valence electrons. The van der Waals surface area contributed by atoms with E-state index >= 15 is 0 Å². The summed E-state index contributed by atoms with van der Waals surface area (Å²) in [4.78, 5) is 0. The second-order valence-corrected chi connectivity index (χ2v) is 4.94. The molecule has 1 N–H and O–H groups in total. The van der Waals surface area contributed by atoms with Crippen LogP contribution >= 0.6 is 0 Å². The largest absolute Gasteiger partial charge is 0.310 e. The Hall–Kier alpha value is -0.960. The van der Waals surface area contributed by atoms with Crippen LogP contribution in [-0.2, 0) is 6.54 Å². The van der Waals surface area contributed by atoms with Crippen molar-refractivity contribution in [2.24, 2.45) is 5.92 Å². The van der Waals surface area contributed by atoms with Crippen LogP contribution in [0.15, 0.2) is 24.3 Å². The molecule has 1 aliphatic rings. The van der Waals surface area contributed by atoms with Crippen molar-refractivity contribution in [2.45, 2.75) is 45.2 Å². The number of benzene rings is 1. The first-order chi connectivity index (χ1) is 8.16. The van der Waals surface area contributed by atoms with E-state index in [1.165, 1.54) is 31.4 Å². The van der Waals surface area contributed by atoms with Gasteiger partial charge in [0.15, 0.2) is 0 Å². The summed E-state index contributed by atoms with van der Waals surface area (Å²) >= 11 is 0. The van der Waals surface area contributed by atoms with E-state index in [-0.39, 0.29) is 5.56 Å². The zero-order chi connectivity index (χ0) is 12.3. The zero-order valence-corrected chi connectivity index (χ0v) is 10.1. The molecule has 1 fully saturated rings. The SMILES string of the molecule is CC1CCCC1NCc1ccc(C(F)F)cc1. The summed E-state index contributed by atoms with van der Waals surface area (Å²) in [5.74, 6) is 0.732. The van der Waals surface area contributed by atoms with E-state index in [0.29, 0.717) is 6.04 Å². The highest BCUT2D eigenvalue weighted by molar-refractivity contribution is 5.23. The molecular weight excluding hydrogens is 220 g/mol. The molecule has 1 aromatic rings. The Labute approximate surface area is 101 Å². The molecule has 2 rings (SSSR count). The normalized spacial score (nSPS) is 24.5. The predicted molar refractivity (Wildman–Crippen MR) is 65.0 cm³/mol. The third-order valence-electron chi connectivity index (χ3n) is 3.66. The van der Waals surface area contributed by atoms with Crippen LogP contribution in [0.1, 0.15) is 43.7 Å². The molecule has 1 aromatic carbocycles. The second kappa shape index (κ2) is 5.58. The van der Waals surface area contributed by atoms with Gasteiger partial charge in [0.1, 0.15) is 0 Å². The van der Waals surface area contributed by atoms with Gasteiger partial charge in [0.2, 0.25) is 0 Å². The first kappa shape index (κ1) is 12.5. The highest BCUT2D eigenvalue weighted by atomic mass is 19.3. The van der Waals surface area contributed by atoms with E-state index in [1.54, 1.807) is 12.1 Å². The van der Waals surface area contributed by atoms with Crippen LogP contribution in [0.3, 0.4) is 0 Å². The summed E-state index contributed by atoms with van der Waals surface area (Å²) in [6, 6.07) is 7.19. The molecule has 0 saturated heterocycles. The molecule has 0 amide bonds. The molecule has 0 spiro atoms. The molecule has 0 radical (unpaired) electrons. The lowest BCUT2D eigenvalue weighted by molar-refractivity contribution is 0.151. The van der Waals surface area contributed by atoms with Crippen LogP contribution in [0.5, 0.6) is 0 Å². The minimum absolute atomic E-state index is 0.1000. The van der Waals surface area contributed by atoms with Gasteiger partial charge in [-0.15, -0.1) is 0 Å². The van der Waals surface area contributed by atoms with Crippen molar-refractivity contribution in [3.8, 4) is 0 Å². The Balaban J connectivity index is 1.86. The van der Waals surface area contributed by atoms with Gasteiger partial charge in [-0.25, -0.2) is 8.78 Å². The average molecular weight is 239 g/mol. The summed E-state index contributed by atoms with van der Waals surface area (Å²) in [7, 11) is 0. The maximum Gasteiger partial charge on any atom is 0.263 e. The van der Waals surface area contributed by atoms with Crippen LogP contribution in [0, 0.1) is 5.92 Å². The molecule has 0 aliphatic heterocycles. The molecular formula is C14H19F2N. The van der Waals surface area contributed by atoms with Crippen molar-refractivity contribution < 1.29 is 8.78 Å². The van der Waals surface area contributed by atoms with Crippen LogP contribution in [0.4, 0.5) is 8.78 Å². The maximum atomic E-state index is 12.4. The summed E-state index contributed by atoms with van der Waals surface area (Å²) < 4.78 is 24.7. The van der Waals surface area contributed by atoms with Crippen molar-refractivity contribution in [3.63, 3.8) is 0 Å². The number of alkyl halides is 2. The topological polar surface area (TPSA) is 12.0 Å². The van der Waals surface area contributed by atoms with Crippen LogP contribution in [0.2, 0.25) is 0 Å². The number of nitrogens with one attached hydrogen (secondary N) is 1. The monoisotopic (exact) mass is 239 g/mol. The number of hydrogen-bond acceptors (Lipinski definition) is 1. The van der Waals surface area contributed by atoms with Crippen molar-refractivity contribution in [1.29, 1.82) is 0 Å². The highest BCUT2D eigenvalue weighted by Crippen LogP contribution is 2.25. The Bertz CT molecular complexity index is 348. The van der Waals surface area contributed by atoms with Gasteiger partial charge in [-0.2, -0.15) is 0 Å². The average Bonchev–Trinajstić information content (AvgIpc) is 2.73. The van der Waals surface area contributed by atoms with E-state index < -0.39 is 6.43 Å². The zero-order valence-electron chi connectivity index (χ0n) is 10.1. The maximum absolute atomic E-state index is 12.4. The Kier molecular flexibility index (Phi) is 4.11. The number of hydrogen-bond donors (Lipinski definition) is 1. The van der Waals surface area contributed by atoms with Gasteiger partial charge in [-0.3, -0.25) is 0 Å². The molecule has 0 heterocycles. The molecule has 1 aliphatic carbocycles. The van der Waals surface area contributed by atoms with E-state index in [4.69, 9.17) is 0 Å². The molecule has 1 saturated carbocycles. The minimum Gasteiger partial charge on any atom is -0.310 e.